The van der Waals surface area contributed by atoms with Gasteiger partial charge in [-0.05, 0) is 49.3 Å². The van der Waals surface area contributed by atoms with Gasteiger partial charge in [0.2, 0.25) is 17.7 Å². The minimum atomic E-state index is -0.598. The number of hydrogen-bond donors (Lipinski definition) is 1. The van der Waals surface area contributed by atoms with Gasteiger partial charge in [0.05, 0.1) is 5.92 Å². The largest absolute Gasteiger partial charge is 0.381 e. The van der Waals surface area contributed by atoms with Gasteiger partial charge in [-0.15, -0.1) is 12.4 Å². The van der Waals surface area contributed by atoms with Gasteiger partial charge < -0.3 is 19.9 Å². The predicted molar refractivity (Wildman–Crippen MR) is 162 cm³/mol. The van der Waals surface area contributed by atoms with Gasteiger partial charge in [0.15, 0.2) is 0 Å². The molecular weight excluding hydrogens is 615 g/mol. The maximum atomic E-state index is 15.2. The fraction of sp³-hybridized carbons (Fsp3) is 0.700. The first-order valence-electron chi connectivity index (χ1n) is 14.5. The Morgan fingerprint density at radius 1 is 1.12 bits per heavy atom. The number of nitrogens with zero attached hydrogens (tertiary/aromatic N) is 3. The number of carbonyl (C=O) groups is 3. The zero-order valence-electron chi connectivity index (χ0n) is 24.8. The molecule has 0 saturated carbocycles. The Morgan fingerprint density at radius 2 is 1.80 bits per heavy atom. The van der Waals surface area contributed by atoms with E-state index in [4.69, 9.17) is 4.74 Å². The Hall–Kier alpha value is -1.75. The van der Waals surface area contributed by atoms with Crippen LogP contribution in [-0.2, 0) is 19.1 Å². The van der Waals surface area contributed by atoms with E-state index in [9.17, 15) is 14.4 Å². The molecule has 0 spiro atoms. The van der Waals surface area contributed by atoms with Crippen molar-refractivity contribution in [3.05, 3.63) is 34.1 Å². The average Bonchev–Trinajstić information content (AvgIpc) is 3.32. The molecule has 1 aromatic carbocycles. The molecule has 1 aromatic rings. The minimum absolute atomic E-state index is 0. The molecule has 3 saturated heterocycles. The summed E-state index contributed by atoms with van der Waals surface area (Å²) in [5.74, 6) is -1.22. The standard InChI is InChI=1S/C30H44BrFN4O4.ClH/c1-19-16-34(29(39)27(33-20(2)37)15-30(3,4)5)10-11-36(19)28(38)25-18-35(22-8-12-40-13-9-22)17-24(25)23-7-6-21(31)14-26(23)32;/h6-7,14,19,22,24-25,27H,8-13,15-18H2,1-5H3,(H,33,37);1H/t19-,24?,25?,27-;/m0./s1. The average molecular weight is 660 g/mol. The first-order chi connectivity index (χ1) is 18.8. The summed E-state index contributed by atoms with van der Waals surface area (Å²) in [6.45, 7) is 13.4. The molecule has 0 aromatic heterocycles. The Labute approximate surface area is 258 Å². The quantitative estimate of drug-likeness (QED) is 0.495. The minimum Gasteiger partial charge on any atom is -0.381 e. The third kappa shape index (κ3) is 8.42. The van der Waals surface area contributed by atoms with Crippen molar-refractivity contribution in [2.24, 2.45) is 11.3 Å². The monoisotopic (exact) mass is 658 g/mol. The van der Waals surface area contributed by atoms with E-state index in [1.54, 1.807) is 11.0 Å². The molecule has 4 rings (SSSR count). The lowest BCUT2D eigenvalue weighted by Gasteiger charge is -2.43. The summed E-state index contributed by atoms with van der Waals surface area (Å²) in [5.41, 5.74) is 0.445. The second kappa shape index (κ2) is 14.1. The van der Waals surface area contributed by atoms with Crippen molar-refractivity contribution in [1.82, 2.24) is 20.0 Å². The van der Waals surface area contributed by atoms with Crippen molar-refractivity contribution in [1.29, 1.82) is 0 Å². The van der Waals surface area contributed by atoms with Crippen LogP contribution in [-0.4, -0.2) is 96.5 Å². The van der Waals surface area contributed by atoms with Crippen LogP contribution >= 0.6 is 28.3 Å². The topological polar surface area (TPSA) is 82.2 Å². The SMILES string of the molecule is CC(=O)N[C@@H](CC(C)(C)C)C(=O)N1CCN(C(=O)C2CN(C3CCOCC3)CC2c2ccc(Br)cc2F)[C@@H](C)C1.Cl. The number of hydrogen-bond acceptors (Lipinski definition) is 5. The smallest absolute Gasteiger partial charge is 0.245 e. The first-order valence-corrected chi connectivity index (χ1v) is 15.3. The Kier molecular flexibility index (Phi) is 11.6. The van der Waals surface area contributed by atoms with Crippen LogP contribution in [0.2, 0.25) is 0 Å². The molecule has 4 atom stereocenters. The van der Waals surface area contributed by atoms with Gasteiger partial charge in [0, 0.05) is 75.3 Å². The van der Waals surface area contributed by atoms with Gasteiger partial charge in [-0.25, -0.2) is 4.39 Å². The molecule has 3 amide bonds. The number of nitrogens with one attached hydrogen (secondary N) is 1. The fourth-order valence-corrected chi connectivity index (χ4v) is 6.86. The summed E-state index contributed by atoms with van der Waals surface area (Å²) < 4.78 is 21.4. The normalized spacial score (nSPS) is 25.0. The first kappa shape index (κ1) is 33.7. The highest BCUT2D eigenvalue weighted by Crippen LogP contribution is 2.39. The molecule has 230 valence electrons. The molecule has 41 heavy (non-hydrogen) atoms. The molecular formula is C30H45BrClFN4O4. The number of benzene rings is 1. The zero-order valence-corrected chi connectivity index (χ0v) is 27.2. The molecule has 3 fully saturated rings. The number of rotatable bonds is 6. The zero-order chi connectivity index (χ0) is 29.2. The maximum absolute atomic E-state index is 15.2. The number of amides is 3. The van der Waals surface area contributed by atoms with Crippen LogP contribution in [0.15, 0.2) is 22.7 Å². The van der Waals surface area contributed by atoms with Crippen LogP contribution < -0.4 is 5.32 Å². The van der Waals surface area contributed by atoms with E-state index in [1.807, 2.05) is 38.7 Å². The molecule has 0 aliphatic carbocycles. The molecule has 2 unspecified atom stereocenters. The number of carbonyl (C=O) groups excluding carboxylic acids is 3. The number of piperazine rings is 1. The summed E-state index contributed by atoms with van der Waals surface area (Å²) >= 11 is 3.36. The third-order valence-electron chi connectivity index (χ3n) is 8.45. The molecule has 11 heteroatoms. The third-order valence-corrected chi connectivity index (χ3v) is 8.94. The maximum Gasteiger partial charge on any atom is 0.245 e. The second-order valence-electron chi connectivity index (χ2n) is 12.9. The lowest BCUT2D eigenvalue weighted by Crippen LogP contribution is -2.60. The van der Waals surface area contributed by atoms with Crippen LogP contribution in [0, 0.1) is 17.2 Å². The summed E-state index contributed by atoms with van der Waals surface area (Å²) in [6.07, 6.45) is 2.36. The highest BCUT2D eigenvalue weighted by molar-refractivity contribution is 9.10. The van der Waals surface area contributed by atoms with Gasteiger partial charge in [-0.3, -0.25) is 19.3 Å². The van der Waals surface area contributed by atoms with Gasteiger partial charge in [0.25, 0.3) is 0 Å². The fourth-order valence-electron chi connectivity index (χ4n) is 6.53. The number of likely N-dealkylation sites (tertiary alicyclic amines) is 1. The van der Waals surface area contributed by atoms with Crippen molar-refractivity contribution < 1.29 is 23.5 Å². The molecule has 3 aliphatic heterocycles. The summed E-state index contributed by atoms with van der Waals surface area (Å²) in [6, 6.07) is 4.66. The van der Waals surface area contributed by atoms with Crippen molar-refractivity contribution in [2.75, 3.05) is 45.9 Å². The van der Waals surface area contributed by atoms with Crippen molar-refractivity contribution in [3.63, 3.8) is 0 Å². The van der Waals surface area contributed by atoms with E-state index in [0.717, 1.165) is 12.8 Å². The van der Waals surface area contributed by atoms with Crippen molar-refractivity contribution >= 4 is 46.1 Å². The molecule has 0 radical (unpaired) electrons. The van der Waals surface area contributed by atoms with Crippen LogP contribution in [0.4, 0.5) is 4.39 Å². The van der Waals surface area contributed by atoms with Crippen LogP contribution in [0.5, 0.6) is 0 Å². The van der Waals surface area contributed by atoms with Gasteiger partial charge >= 0.3 is 0 Å². The van der Waals surface area contributed by atoms with Crippen molar-refractivity contribution in [2.45, 2.75) is 77.9 Å². The van der Waals surface area contributed by atoms with Gasteiger partial charge in [-0.1, -0.05) is 42.8 Å². The summed E-state index contributed by atoms with van der Waals surface area (Å²) in [7, 11) is 0. The lowest BCUT2D eigenvalue weighted by molar-refractivity contribution is -0.147. The van der Waals surface area contributed by atoms with Crippen LogP contribution in [0.25, 0.3) is 0 Å². The highest BCUT2D eigenvalue weighted by Gasteiger charge is 2.45. The molecule has 0 bridgehead atoms. The number of ether oxygens (including phenoxy) is 1. The molecule has 1 N–H and O–H groups in total. The van der Waals surface area contributed by atoms with E-state index < -0.39 is 6.04 Å². The highest BCUT2D eigenvalue weighted by atomic mass is 79.9. The molecule has 3 heterocycles. The Bertz CT molecular complexity index is 1100. The van der Waals surface area contributed by atoms with Crippen LogP contribution in [0.3, 0.4) is 0 Å². The number of halogens is 3. The van der Waals surface area contributed by atoms with E-state index in [2.05, 4.69) is 26.1 Å². The Balaban J connectivity index is 0.00000462. The van der Waals surface area contributed by atoms with E-state index >= 15 is 4.39 Å². The van der Waals surface area contributed by atoms with Gasteiger partial charge in [-0.2, -0.15) is 0 Å². The predicted octanol–water partition coefficient (Wildman–Crippen LogP) is 4.20. The van der Waals surface area contributed by atoms with Gasteiger partial charge in [0.1, 0.15) is 11.9 Å². The summed E-state index contributed by atoms with van der Waals surface area (Å²) in [4.78, 5) is 45.4. The van der Waals surface area contributed by atoms with E-state index in [1.165, 1.54) is 13.0 Å². The molecule has 8 nitrogen and oxygen atoms in total. The lowest BCUT2D eigenvalue weighted by atomic mass is 9.86. The molecule has 3 aliphatic rings. The van der Waals surface area contributed by atoms with Crippen LogP contribution in [0.1, 0.15) is 65.4 Å². The second-order valence-corrected chi connectivity index (χ2v) is 13.8. The van der Waals surface area contributed by atoms with E-state index in [-0.39, 0.29) is 59.2 Å². The van der Waals surface area contributed by atoms with E-state index in [0.29, 0.717) is 68.4 Å². The Morgan fingerprint density at radius 3 is 2.39 bits per heavy atom. The summed E-state index contributed by atoms with van der Waals surface area (Å²) in [5, 5.41) is 2.83. The van der Waals surface area contributed by atoms with Crippen molar-refractivity contribution in [3.8, 4) is 0 Å².